The summed E-state index contributed by atoms with van der Waals surface area (Å²) in [5, 5.41) is 35.5. The third-order valence-electron chi connectivity index (χ3n) is 3.85. The van der Waals surface area contributed by atoms with Gasteiger partial charge in [0, 0.05) is 12.1 Å². The summed E-state index contributed by atoms with van der Waals surface area (Å²) in [5.41, 5.74) is 1.24. The summed E-state index contributed by atoms with van der Waals surface area (Å²) in [7, 11) is 0. The first-order valence-electron chi connectivity index (χ1n) is 7.04. The number of para-hydroxylation sites is 1. The van der Waals surface area contributed by atoms with Gasteiger partial charge in [-0.15, -0.1) is 0 Å². The van der Waals surface area contributed by atoms with Crippen molar-refractivity contribution in [2.45, 2.75) is 18.6 Å². The van der Waals surface area contributed by atoms with E-state index in [0.717, 1.165) is 0 Å². The largest absolute Gasteiger partial charge is 0.507 e. The van der Waals surface area contributed by atoms with Crippen molar-refractivity contribution in [2.24, 2.45) is 0 Å². The number of β-amino-alcohol motifs (C(OH)–C–C–N with tert-alkyl or cyclic N) is 1. The number of phenolic OH excluding ortho intramolecular Hbond substituents is 1. The molecule has 2 heterocycles. The number of rotatable bonds is 3. The van der Waals surface area contributed by atoms with Crippen molar-refractivity contribution in [3.63, 3.8) is 0 Å². The van der Waals surface area contributed by atoms with E-state index in [4.69, 9.17) is 0 Å². The number of benzene rings is 1. The Morgan fingerprint density at radius 1 is 1.41 bits per heavy atom. The predicted molar refractivity (Wildman–Crippen MR) is 78.2 cm³/mol. The Morgan fingerprint density at radius 3 is 2.91 bits per heavy atom. The number of aromatic amines is 1. The van der Waals surface area contributed by atoms with Gasteiger partial charge in [-0.25, -0.2) is 0 Å². The highest BCUT2D eigenvalue weighted by molar-refractivity contribution is 5.94. The fraction of sp³-hybridized carbons (Fsp3) is 0.333. The number of nitrogens with zero attached hydrogens (tertiary/aromatic N) is 2. The summed E-state index contributed by atoms with van der Waals surface area (Å²) in [6.45, 7) is -0.00172. The maximum atomic E-state index is 12.5. The predicted octanol–water partition coefficient (Wildman–Crippen LogP) is 0.350. The van der Waals surface area contributed by atoms with Crippen LogP contribution in [0, 0.1) is 0 Å². The quantitative estimate of drug-likeness (QED) is 0.654. The first kappa shape index (κ1) is 14.6. The Hall–Kier alpha value is -2.38. The van der Waals surface area contributed by atoms with Crippen molar-refractivity contribution in [3.05, 3.63) is 36.0 Å². The molecule has 4 N–H and O–H groups in total. The Bertz CT molecular complexity index is 685. The summed E-state index contributed by atoms with van der Waals surface area (Å²) >= 11 is 0. The highest BCUT2D eigenvalue weighted by Gasteiger charge is 2.35. The summed E-state index contributed by atoms with van der Waals surface area (Å²) in [6, 6.07) is 7.88. The second-order valence-electron chi connectivity index (χ2n) is 5.37. The Balaban J connectivity index is 1.85. The van der Waals surface area contributed by atoms with Gasteiger partial charge in [0.1, 0.15) is 11.4 Å². The number of hydrogen-bond donors (Lipinski definition) is 4. The van der Waals surface area contributed by atoms with Gasteiger partial charge in [-0.2, -0.15) is 5.10 Å². The van der Waals surface area contributed by atoms with Crippen LogP contribution in [0.25, 0.3) is 11.3 Å². The van der Waals surface area contributed by atoms with Gasteiger partial charge in [0.05, 0.1) is 24.4 Å². The number of likely N-dealkylation sites (tertiary alicyclic amines) is 1. The zero-order valence-electron chi connectivity index (χ0n) is 11.8. The highest BCUT2D eigenvalue weighted by atomic mass is 16.3. The van der Waals surface area contributed by atoms with Gasteiger partial charge in [-0.1, -0.05) is 12.1 Å². The average Bonchev–Trinajstić information content (AvgIpc) is 3.13. The van der Waals surface area contributed by atoms with Gasteiger partial charge in [0.2, 0.25) is 0 Å². The van der Waals surface area contributed by atoms with Gasteiger partial charge in [0.25, 0.3) is 5.91 Å². The maximum Gasteiger partial charge on any atom is 0.272 e. The molecule has 2 aromatic rings. The molecule has 1 aliphatic rings. The number of nitrogens with one attached hydrogen (secondary N) is 1. The van der Waals surface area contributed by atoms with Gasteiger partial charge >= 0.3 is 0 Å². The van der Waals surface area contributed by atoms with Crippen LogP contribution in [-0.2, 0) is 0 Å². The number of aromatic nitrogens is 2. The number of carbonyl (C=O) groups is 1. The Kier molecular flexibility index (Phi) is 3.82. The Labute approximate surface area is 126 Å². The summed E-state index contributed by atoms with van der Waals surface area (Å²) in [5.74, 6) is -0.248. The van der Waals surface area contributed by atoms with Crippen molar-refractivity contribution < 1.29 is 20.1 Å². The van der Waals surface area contributed by atoms with Crippen molar-refractivity contribution in [1.82, 2.24) is 15.1 Å². The molecule has 7 nitrogen and oxygen atoms in total. The van der Waals surface area contributed by atoms with Crippen molar-refractivity contribution >= 4 is 5.91 Å². The molecule has 1 saturated heterocycles. The third-order valence-corrected chi connectivity index (χ3v) is 3.85. The average molecular weight is 303 g/mol. The van der Waals surface area contributed by atoms with Gasteiger partial charge in [-0.3, -0.25) is 9.89 Å². The molecular weight excluding hydrogens is 286 g/mol. The first-order valence-corrected chi connectivity index (χ1v) is 7.04. The van der Waals surface area contributed by atoms with E-state index in [9.17, 15) is 20.1 Å². The second kappa shape index (κ2) is 5.78. The molecular formula is C15H17N3O4. The highest BCUT2D eigenvalue weighted by Crippen LogP contribution is 2.28. The number of amides is 1. The minimum Gasteiger partial charge on any atom is -0.507 e. The number of H-pyrrole nitrogens is 1. The molecule has 1 aromatic heterocycles. The fourth-order valence-electron chi connectivity index (χ4n) is 2.73. The van der Waals surface area contributed by atoms with E-state index in [-0.39, 0.29) is 36.5 Å². The number of hydrogen-bond acceptors (Lipinski definition) is 5. The molecule has 0 unspecified atom stereocenters. The number of aliphatic hydroxyl groups is 2. The monoisotopic (exact) mass is 303 g/mol. The molecule has 3 rings (SSSR count). The molecule has 0 saturated carbocycles. The molecule has 2 atom stereocenters. The third kappa shape index (κ3) is 2.56. The molecule has 0 bridgehead atoms. The van der Waals surface area contributed by atoms with E-state index < -0.39 is 6.10 Å². The molecule has 1 aliphatic heterocycles. The molecule has 0 aliphatic carbocycles. The van der Waals surface area contributed by atoms with Crippen LogP contribution < -0.4 is 0 Å². The van der Waals surface area contributed by atoms with E-state index in [2.05, 4.69) is 10.2 Å². The lowest BCUT2D eigenvalue weighted by Gasteiger charge is -2.21. The fourth-order valence-corrected chi connectivity index (χ4v) is 2.73. The molecule has 0 radical (unpaired) electrons. The number of carbonyl (C=O) groups excluding carboxylic acids is 1. The molecule has 0 spiro atoms. The SMILES string of the molecule is O=C(c1cc(-c2ccccc2O)n[nH]1)N1C[C@@H](O)C[C@H]1CO. The standard InChI is InChI=1S/C15H17N3O4/c19-8-9-5-10(20)7-18(9)15(22)13-6-12(16-17-13)11-3-1-2-4-14(11)21/h1-4,6,9-10,19-21H,5,7-8H2,(H,16,17)/t9-,10-/m0/s1. The van der Waals surface area contributed by atoms with Crippen LogP contribution in [0.5, 0.6) is 5.75 Å². The van der Waals surface area contributed by atoms with Crippen LogP contribution in [0.4, 0.5) is 0 Å². The van der Waals surface area contributed by atoms with Crippen molar-refractivity contribution in [3.8, 4) is 17.0 Å². The first-order chi connectivity index (χ1) is 10.6. The molecule has 116 valence electrons. The smallest absolute Gasteiger partial charge is 0.272 e. The minimum atomic E-state index is -0.623. The van der Waals surface area contributed by atoms with E-state index in [1.54, 1.807) is 30.3 Å². The number of aliphatic hydroxyl groups excluding tert-OH is 2. The van der Waals surface area contributed by atoms with Crippen LogP contribution >= 0.6 is 0 Å². The second-order valence-corrected chi connectivity index (χ2v) is 5.37. The number of aromatic hydroxyl groups is 1. The maximum absolute atomic E-state index is 12.5. The van der Waals surface area contributed by atoms with Crippen LogP contribution in [-0.4, -0.2) is 61.6 Å². The van der Waals surface area contributed by atoms with Crippen molar-refractivity contribution in [1.29, 1.82) is 0 Å². The molecule has 7 heteroatoms. The molecule has 1 fully saturated rings. The topological polar surface area (TPSA) is 110 Å². The van der Waals surface area contributed by atoms with E-state index >= 15 is 0 Å². The van der Waals surface area contributed by atoms with Gasteiger partial charge in [0.15, 0.2) is 0 Å². The van der Waals surface area contributed by atoms with Crippen LogP contribution in [0.2, 0.25) is 0 Å². The molecule has 1 aromatic carbocycles. The normalized spacial score (nSPS) is 21.3. The lowest BCUT2D eigenvalue weighted by molar-refractivity contribution is 0.0659. The summed E-state index contributed by atoms with van der Waals surface area (Å²) < 4.78 is 0. The lowest BCUT2D eigenvalue weighted by atomic mass is 10.1. The van der Waals surface area contributed by atoms with Crippen molar-refractivity contribution in [2.75, 3.05) is 13.2 Å². The van der Waals surface area contributed by atoms with Gasteiger partial charge < -0.3 is 20.2 Å². The zero-order chi connectivity index (χ0) is 15.7. The van der Waals surface area contributed by atoms with E-state index in [1.807, 2.05) is 0 Å². The number of phenols is 1. The van der Waals surface area contributed by atoms with E-state index in [0.29, 0.717) is 17.7 Å². The zero-order valence-corrected chi connectivity index (χ0v) is 11.8. The Morgan fingerprint density at radius 2 is 2.18 bits per heavy atom. The molecule has 22 heavy (non-hydrogen) atoms. The minimum absolute atomic E-state index is 0.0813. The van der Waals surface area contributed by atoms with Crippen LogP contribution in [0.15, 0.2) is 30.3 Å². The summed E-state index contributed by atoms with van der Waals surface area (Å²) in [6.07, 6.45) is -0.260. The van der Waals surface area contributed by atoms with Gasteiger partial charge in [-0.05, 0) is 24.6 Å². The summed E-state index contributed by atoms with van der Waals surface area (Å²) in [4.78, 5) is 13.9. The lowest BCUT2D eigenvalue weighted by Crippen LogP contribution is -2.38. The van der Waals surface area contributed by atoms with Crippen LogP contribution in [0.3, 0.4) is 0 Å². The molecule has 1 amide bonds. The van der Waals surface area contributed by atoms with E-state index in [1.165, 1.54) is 4.90 Å². The van der Waals surface area contributed by atoms with Crippen LogP contribution in [0.1, 0.15) is 16.9 Å².